The molecule has 6 aromatic rings. The zero-order chi connectivity index (χ0) is 68.4. The number of halogens is 10. The summed E-state index contributed by atoms with van der Waals surface area (Å²) in [6.45, 7) is 5.10. The van der Waals surface area contributed by atoms with Gasteiger partial charge in [-0.05, 0) is 147 Å². The van der Waals surface area contributed by atoms with E-state index in [-0.39, 0.29) is 92.8 Å². The van der Waals surface area contributed by atoms with Crippen molar-refractivity contribution >= 4 is 78.3 Å². The summed E-state index contributed by atoms with van der Waals surface area (Å²) in [6, 6.07) is 39.3. The monoisotopic (exact) mass is 1440 g/mol. The van der Waals surface area contributed by atoms with E-state index in [1.165, 1.54) is 24.3 Å². The third kappa shape index (κ3) is 19.7. The molecule has 1 spiro atoms. The Bertz CT molecular complexity index is 3650. The summed E-state index contributed by atoms with van der Waals surface area (Å²) in [5.41, 5.74) is 1.16. The molecule has 0 saturated carbocycles. The molecule has 536 valence electrons. The lowest BCUT2D eigenvalue weighted by Gasteiger charge is -2.44. The summed E-state index contributed by atoms with van der Waals surface area (Å²) in [7, 11) is 7.23. The van der Waals surface area contributed by atoms with Gasteiger partial charge in [0.05, 0.1) is 29.5 Å². The minimum absolute atomic E-state index is 0. The minimum Gasteiger partial charge on any atom is -0.446 e. The van der Waals surface area contributed by atoms with E-state index in [4.69, 9.17) is 14.2 Å². The second kappa shape index (κ2) is 34.7. The zero-order valence-corrected chi connectivity index (χ0v) is 58.3. The van der Waals surface area contributed by atoms with E-state index < -0.39 is 64.6 Å². The SMILES string of the molecule is CN(CCN1CCC(OC(=O)Nc2ccccc2-c2ccccc2)CC1)C(=O)CCCN(C)c1ccc(C(=O)N(C)CCCN(C)C(=O)CO[C@H]2Cc3ccccc3C23CCN(CC[C@]2(c4ccc(F)cc4)CN(C(=O)c4cc(C(F)(F)F)cc(C(F)(F)F)c4)CO2)CC3)cc1.Cl.Cl.Cl. The van der Waals surface area contributed by atoms with Crippen LogP contribution in [0.2, 0.25) is 0 Å². The van der Waals surface area contributed by atoms with Gasteiger partial charge in [0.25, 0.3) is 11.8 Å². The maximum absolute atomic E-state index is 14.2. The normalized spacial score (nSPS) is 17.7. The van der Waals surface area contributed by atoms with E-state index in [2.05, 4.69) is 32.1 Å². The van der Waals surface area contributed by atoms with Gasteiger partial charge in [0.15, 0.2) is 0 Å². The van der Waals surface area contributed by atoms with Crippen molar-refractivity contribution in [3.63, 3.8) is 0 Å². The van der Waals surface area contributed by atoms with Crippen molar-refractivity contribution in [1.29, 1.82) is 0 Å². The first kappa shape index (κ1) is 78.8. The molecule has 0 bridgehead atoms. The van der Waals surface area contributed by atoms with E-state index in [0.717, 1.165) is 52.5 Å². The Hall–Kier alpha value is -7.51. The second-order valence-corrected chi connectivity index (χ2v) is 25.7. The number of carbonyl (C=O) groups is 5. The summed E-state index contributed by atoms with van der Waals surface area (Å²) in [4.78, 5) is 79.7. The van der Waals surface area contributed by atoms with Gasteiger partial charge in [0, 0.05) is 115 Å². The maximum atomic E-state index is 14.2. The first-order valence-corrected chi connectivity index (χ1v) is 32.7. The summed E-state index contributed by atoms with van der Waals surface area (Å²) in [5.74, 6) is -1.90. The van der Waals surface area contributed by atoms with Gasteiger partial charge in [-0.25, -0.2) is 9.18 Å². The Labute approximate surface area is 592 Å². The number of nitrogens with one attached hydrogen (secondary N) is 1. The molecule has 1 aliphatic carbocycles. The summed E-state index contributed by atoms with van der Waals surface area (Å²) < 4.78 is 116. The Kier molecular flexibility index (Phi) is 27.6. The van der Waals surface area contributed by atoms with Gasteiger partial charge in [-0.1, -0.05) is 84.9 Å². The van der Waals surface area contributed by atoms with E-state index in [9.17, 15) is 54.7 Å². The average molecular weight is 1440 g/mol. The predicted octanol–water partition coefficient (Wildman–Crippen LogP) is 13.5. The fourth-order valence-electron chi connectivity index (χ4n) is 13.6. The highest BCUT2D eigenvalue weighted by Crippen LogP contribution is 2.48. The van der Waals surface area contributed by atoms with E-state index in [1.807, 2.05) is 93.0 Å². The molecule has 5 amide bonds. The van der Waals surface area contributed by atoms with Crippen LogP contribution in [0, 0.1) is 5.82 Å². The maximum Gasteiger partial charge on any atom is 0.416 e. The molecule has 16 nitrogen and oxygen atoms in total. The molecule has 0 aromatic heterocycles. The Morgan fingerprint density at radius 3 is 1.91 bits per heavy atom. The molecule has 3 aliphatic heterocycles. The quantitative estimate of drug-likeness (QED) is 0.0578. The number of rotatable bonds is 24. The van der Waals surface area contributed by atoms with Crippen LogP contribution in [0.5, 0.6) is 0 Å². The largest absolute Gasteiger partial charge is 0.446 e. The Morgan fingerprint density at radius 1 is 0.636 bits per heavy atom. The van der Waals surface area contributed by atoms with Gasteiger partial charge < -0.3 is 48.5 Å². The van der Waals surface area contributed by atoms with Crippen molar-refractivity contribution in [3.8, 4) is 11.1 Å². The number of fused-ring (bicyclic) bond motifs is 2. The number of hydrogen-bond acceptors (Lipinski definition) is 11. The molecule has 3 heterocycles. The summed E-state index contributed by atoms with van der Waals surface area (Å²) >= 11 is 0. The van der Waals surface area contributed by atoms with Crippen LogP contribution >= 0.6 is 37.2 Å². The molecule has 3 saturated heterocycles. The molecule has 4 aliphatic rings. The van der Waals surface area contributed by atoms with Crippen molar-refractivity contribution in [2.24, 2.45) is 0 Å². The van der Waals surface area contributed by atoms with Crippen molar-refractivity contribution in [1.82, 2.24) is 29.4 Å². The van der Waals surface area contributed by atoms with E-state index in [1.54, 1.807) is 40.9 Å². The fraction of sp³-hybridized carbons (Fsp3) is 0.438. The van der Waals surface area contributed by atoms with Gasteiger partial charge in [0.1, 0.15) is 30.9 Å². The number of alkyl halides is 6. The zero-order valence-electron chi connectivity index (χ0n) is 55.8. The van der Waals surface area contributed by atoms with Crippen molar-refractivity contribution in [2.75, 3.05) is 124 Å². The smallest absolute Gasteiger partial charge is 0.416 e. The first-order valence-electron chi connectivity index (χ1n) is 32.7. The molecular formula is C73H86Cl3F7N8O8. The van der Waals surface area contributed by atoms with E-state index >= 15 is 0 Å². The highest BCUT2D eigenvalue weighted by Gasteiger charge is 2.50. The van der Waals surface area contributed by atoms with Crippen LogP contribution in [0.4, 0.5) is 46.9 Å². The third-order valence-electron chi connectivity index (χ3n) is 19.4. The van der Waals surface area contributed by atoms with Crippen molar-refractivity contribution in [2.45, 2.75) is 93.4 Å². The number of piperidine rings is 2. The molecule has 26 heteroatoms. The number of benzene rings is 6. The van der Waals surface area contributed by atoms with Gasteiger partial charge >= 0.3 is 18.4 Å². The third-order valence-corrected chi connectivity index (χ3v) is 19.4. The fourth-order valence-corrected chi connectivity index (χ4v) is 13.6. The average Bonchev–Trinajstić information content (AvgIpc) is 1.61. The minimum atomic E-state index is -5.15. The number of likely N-dealkylation sites (tertiary alicyclic amines) is 2. The first-order chi connectivity index (χ1) is 45.9. The summed E-state index contributed by atoms with van der Waals surface area (Å²) in [5, 5.41) is 2.93. The highest BCUT2D eigenvalue weighted by molar-refractivity contribution is 5.95. The van der Waals surface area contributed by atoms with Crippen molar-refractivity contribution in [3.05, 3.63) is 190 Å². The molecule has 6 aromatic carbocycles. The molecule has 1 N–H and O–H groups in total. The molecule has 0 radical (unpaired) electrons. The Balaban J connectivity index is 0.00000459. The van der Waals surface area contributed by atoms with Gasteiger partial charge in [-0.2, -0.15) is 26.3 Å². The van der Waals surface area contributed by atoms with Crippen LogP contribution in [0.15, 0.2) is 146 Å². The molecule has 10 rings (SSSR count). The van der Waals surface area contributed by atoms with Gasteiger partial charge in [-0.15, -0.1) is 37.2 Å². The molecular weight excluding hydrogens is 1360 g/mol. The highest BCUT2D eigenvalue weighted by atomic mass is 35.5. The number of ether oxygens (including phenoxy) is 3. The number of nitrogens with zero attached hydrogens (tertiary/aromatic N) is 7. The van der Waals surface area contributed by atoms with Crippen LogP contribution in [0.1, 0.15) is 99.9 Å². The van der Waals surface area contributed by atoms with Crippen LogP contribution in [0.3, 0.4) is 0 Å². The van der Waals surface area contributed by atoms with Crippen molar-refractivity contribution < 1.29 is 68.9 Å². The standard InChI is InChI=1S/C73H83F7N8O8.3ClH/c1-82(34-12-20-65(89)84(3)42-43-86-37-29-60(30-38-86)96-69(93)81-63-19-11-9-17-61(63)51-14-6-5-7-15-51)59-27-21-52(22-28-59)67(91)85(4)36-13-35-83(2)66(90)48-94-64-46-53-16-8-10-18-62(53)70(64)31-39-87(40-32-70)41-33-71(55-23-25-58(74)26-24-55)49-88(50-95-71)68(92)54-44-56(72(75,76)77)47-57(45-54)73(78,79)80;;;/h5-11,14-19,21-28,44-45,47,60,64H,12-13,20,29-43,46,48-50H2,1-4H3,(H,81,93);3*1H/t64-,71+;;;/m0.../s1. The molecule has 0 unspecified atom stereocenters. The van der Waals surface area contributed by atoms with Gasteiger partial charge in [-0.3, -0.25) is 24.5 Å². The number of para-hydroxylation sites is 1. The molecule has 2 atom stereocenters. The molecule has 99 heavy (non-hydrogen) atoms. The lowest BCUT2D eigenvalue weighted by molar-refractivity contribution is -0.143. The number of likely N-dealkylation sites (N-methyl/N-ethyl adjacent to an activating group) is 2. The van der Waals surface area contributed by atoms with Crippen LogP contribution in [-0.2, 0) is 53.6 Å². The van der Waals surface area contributed by atoms with Crippen LogP contribution in [-0.4, -0.2) is 185 Å². The molecule has 3 fully saturated rings. The Morgan fingerprint density at radius 2 is 1.24 bits per heavy atom. The predicted molar refractivity (Wildman–Crippen MR) is 372 cm³/mol. The number of anilines is 2. The topological polar surface area (TPSA) is 148 Å². The van der Waals surface area contributed by atoms with Crippen LogP contribution < -0.4 is 10.2 Å². The second-order valence-electron chi connectivity index (χ2n) is 25.7. The number of amides is 5. The lowest BCUT2D eigenvalue weighted by Crippen LogP contribution is -2.50. The van der Waals surface area contributed by atoms with Gasteiger partial charge in [0.2, 0.25) is 11.8 Å². The lowest BCUT2D eigenvalue weighted by atomic mass is 9.72. The van der Waals surface area contributed by atoms with E-state index in [0.29, 0.717) is 126 Å². The summed E-state index contributed by atoms with van der Waals surface area (Å²) in [6.07, 6.45) is -6.08. The number of hydrogen-bond donors (Lipinski definition) is 1. The van der Waals surface area contributed by atoms with Crippen LogP contribution in [0.25, 0.3) is 11.1 Å². The number of carbonyl (C=O) groups excluding carboxylic acids is 5.